The number of alkyl halides is 3. The van der Waals surface area contributed by atoms with E-state index in [0.717, 1.165) is 18.5 Å². The van der Waals surface area contributed by atoms with E-state index in [4.69, 9.17) is 14.5 Å². The molecule has 3 aromatic rings. The molecule has 9 nitrogen and oxygen atoms in total. The molecule has 1 amide bonds. The Balaban J connectivity index is 1.37. The third-order valence-electron chi connectivity index (χ3n) is 8.59. The van der Waals surface area contributed by atoms with Crippen LogP contribution in [-0.2, 0) is 11.6 Å². The summed E-state index contributed by atoms with van der Waals surface area (Å²) in [5.74, 6) is 0.251. The first-order valence-electron chi connectivity index (χ1n) is 14.2. The van der Waals surface area contributed by atoms with Crippen LogP contribution in [0.25, 0.3) is 11.3 Å². The number of methoxy groups -OCH3 is 1. The number of anilines is 1. The van der Waals surface area contributed by atoms with E-state index < -0.39 is 17.3 Å². The number of amides is 1. The van der Waals surface area contributed by atoms with Gasteiger partial charge in [0.25, 0.3) is 5.91 Å². The first-order valence-corrected chi connectivity index (χ1v) is 14.2. The van der Waals surface area contributed by atoms with Crippen LogP contribution in [0.3, 0.4) is 0 Å². The molecule has 0 aromatic carbocycles. The Bertz CT molecular complexity index is 1470. The van der Waals surface area contributed by atoms with Crippen molar-refractivity contribution in [1.82, 2.24) is 25.2 Å². The van der Waals surface area contributed by atoms with Gasteiger partial charge < -0.3 is 24.6 Å². The molecule has 3 aliphatic rings. The number of hydrogen-bond acceptors (Lipinski definition) is 8. The van der Waals surface area contributed by atoms with Crippen LogP contribution in [-0.4, -0.2) is 78.2 Å². The summed E-state index contributed by atoms with van der Waals surface area (Å²) >= 11 is 0. The van der Waals surface area contributed by atoms with Gasteiger partial charge in [0.15, 0.2) is 5.69 Å². The van der Waals surface area contributed by atoms with Gasteiger partial charge in [0.1, 0.15) is 5.69 Å². The fraction of sp³-hybridized carbons (Fsp3) is 0.467. The van der Waals surface area contributed by atoms with Crippen LogP contribution in [0.15, 0.2) is 42.6 Å². The maximum absolute atomic E-state index is 14.0. The van der Waals surface area contributed by atoms with Crippen molar-refractivity contribution in [2.45, 2.75) is 43.8 Å². The number of piperidine rings is 1. The lowest BCUT2D eigenvalue weighted by Gasteiger charge is -2.49. The number of carbonyl (C=O) groups is 1. The predicted octanol–water partition coefficient (Wildman–Crippen LogP) is 4.32. The molecule has 0 radical (unpaired) electrons. The molecule has 1 spiro atoms. The fourth-order valence-electron chi connectivity index (χ4n) is 6.47. The Morgan fingerprint density at radius 3 is 2.62 bits per heavy atom. The van der Waals surface area contributed by atoms with E-state index in [1.54, 1.807) is 17.2 Å². The average molecular weight is 583 g/mol. The van der Waals surface area contributed by atoms with Crippen LogP contribution < -0.4 is 19.7 Å². The molecule has 0 saturated carbocycles. The molecule has 1 atom stereocenters. The number of nitrogens with one attached hydrogen (secondary N) is 1. The van der Waals surface area contributed by atoms with Gasteiger partial charge in [-0.25, -0.2) is 15.0 Å². The van der Waals surface area contributed by atoms with Gasteiger partial charge in [-0.3, -0.25) is 4.79 Å². The quantitative estimate of drug-likeness (QED) is 0.460. The largest absolute Gasteiger partial charge is 0.481 e. The maximum atomic E-state index is 14.0. The van der Waals surface area contributed by atoms with E-state index in [0.29, 0.717) is 68.5 Å². The minimum Gasteiger partial charge on any atom is -0.481 e. The van der Waals surface area contributed by atoms with Crippen molar-refractivity contribution in [3.05, 3.63) is 59.5 Å². The fourth-order valence-corrected chi connectivity index (χ4v) is 6.47. The van der Waals surface area contributed by atoms with Crippen molar-refractivity contribution in [1.29, 1.82) is 0 Å². The van der Waals surface area contributed by atoms with Crippen molar-refractivity contribution in [2.24, 2.45) is 0 Å². The highest BCUT2D eigenvalue weighted by molar-refractivity contribution is 5.96. The lowest BCUT2D eigenvalue weighted by Crippen LogP contribution is -2.57. The van der Waals surface area contributed by atoms with Gasteiger partial charge in [0.05, 0.1) is 30.7 Å². The van der Waals surface area contributed by atoms with Crippen molar-refractivity contribution in [3.63, 3.8) is 0 Å². The van der Waals surface area contributed by atoms with Crippen LogP contribution in [0, 0.1) is 0 Å². The number of halogens is 3. The molecule has 3 aliphatic heterocycles. The molecular weight excluding hydrogens is 549 g/mol. The Morgan fingerprint density at radius 1 is 1.12 bits per heavy atom. The van der Waals surface area contributed by atoms with Gasteiger partial charge in [-0.05, 0) is 62.6 Å². The summed E-state index contributed by atoms with van der Waals surface area (Å²) in [4.78, 5) is 30.6. The Morgan fingerprint density at radius 2 is 1.93 bits per heavy atom. The normalized spacial score (nSPS) is 20.1. The molecule has 1 N–H and O–H groups in total. The zero-order valence-electron chi connectivity index (χ0n) is 23.6. The summed E-state index contributed by atoms with van der Waals surface area (Å²) < 4.78 is 52.6. The van der Waals surface area contributed by atoms with Crippen molar-refractivity contribution < 1.29 is 27.4 Å². The highest BCUT2D eigenvalue weighted by atomic mass is 19.4. The number of hydrogen-bond donors (Lipinski definition) is 1. The standard InChI is InChI=1S/C30H33F3N6O3/c1-3-42-27-20(5-4-13-35-27)22-7-6-21-25(36-22)28(40)39(19-10-14-34-17-19)18-29(21)11-15-38(16-12-29)23-8-9-24(41-2)37-26(23)30(31,32)33/h4-9,13,19,34H,3,10-12,14-18H2,1-2H3. The number of aromatic nitrogens is 3. The van der Waals surface area contributed by atoms with Gasteiger partial charge in [-0.2, -0.15) is 13.2 Å². The summed E-state index contributed by atoms with van der Waals surface area (Å²) in [6, 6.07) is 10.4. The Kier molecular flexibility index (Phi) is 7.42. The first-order chi connectivity index (χ1) is 20.2. The van der Waals surface area contributed by atoms with E-state index >= 15 is 0 Å². The zero-order valence-corrected chi connectivity index (χ0v) is 23.6. The SMILES string of the molecule is CCOc1ncccc1-c1ccc2c(n1)C(=O)N(C1CCNC1)CC21CCN(c2ccc(OC)nc2C(F)(F)F)CC1. The van der Waals surface area contributed by atoms with Crippen LogP contribution in [0.2, 0.25) is 0 Å². The third kappa shape index (κ3) is 5.01. The molecule has 222 valence electrons. The van der Waals surface area contributed by atoms with Gasteiger partial charge in [0, 0.05) is 49.9 Å². The molecule has 2 saturated heterocycles. The number of ether oxygens (including phenoxy) is 2. The minimum atomic E-state index is -4.62. The zero-order chi connectivity index (χ0) is 29.5. The second-order valence-electron chi connectivity index (χ2n) is 10.9. The lowest BCUT2D eigenvalue weighted by molar-refractivity contribution is -0.140. The molecule has 0 bridgehead atoms. The van der Waals surface area contributed by atoms with Gasteiger partial charge in [-0.1, -0.05) is 6.07 Å². The number of rotatable bonds is 6. The average Bonchev–Trinajstić information content (AvgIpc) is 3.54. The first kappa shape index (κ1) is 28.2. The molecular formula is C30H33F3N6O3. The highest BCUT2D eigenvalue weighted by Gasteiger charge is 2.48. The third-order valence-corrected chi connectivity index (χ3v) is 8.59. The number of nitrogens with zero attached hydrogens (tertiary/aromatic N) is 5. The van der Waals surface area contributed by atoms with Gasteiger partial charge in [-0.15, -0.1) is 0 Å². The van der Waals surface area contributed by atoms with Crippen molar-refractivity contribution >= 4 is 11.6 Å². The molecule has 6 heterocycles. The Hall–Kier alpha value is -3.93. The predicted molar refractivity (Wildman–Crippen MR) is 150 cm³/mol. The molecule has 1 unspecified atom stereocenters. The maximum Gasteiger partial charge on any atom is 0.435 e. The van der Waals surface area contributed by atoms with Crippen molar-refractivity contribution in [2.75, 3.05) is 51.3 Å². The van der Waals surface area contributed by atoms with Gasteiger partial charge in [0.2, 0.25) is 11.8 Å². The molecule has 3 aromatic heterocycles. The second-order valence-corrected chi connectivity index (χ2v) is 10.9. The summed E-state index contributed by atoms with van der Waals surface area (Å²) in [6.07, 6.45) is -1.01. The summed E-state index contributed by atoms with van der Waals surface area (Å²) in [5, 5.41) is 3.35. The highest BCUT2D eigenvalue weighted by Crippen LogP contribution is 2.45. The molecule has 12 heteroatoms. The van der Waals surface area contributed by atoms with Crippen LogP contribution in [0.1, 0.15) is 47.9 Å². The molecule has 42 heavy (non-hydrogen) atoms. The van der Waals surface area contributed by atoms with E-state index in [1.165, 1.54) is 19.2 Å². The summed E-state index contributed by atoms with van der Waals surface area (Å²) in [7, 11) is 1.30. The van der Waals surface area contributed by atoms with E-state index in [2.05, 4.69) is 15.3 Å². The van der Waals surface area contributed by atoms with Crippen LogP contribution >= 0.6 is 0 Å². The number of fused-ring (bicyclic) bond motifs is 2. The van der Waals surface area contributed by atoms with E-state index in [9.17, 15) is 18.0 Å². The number of pyridine rings is 3. The van der Waals surface area contributed by atoms with Crippen LogP contribution in [0.5, 0.6) is 11.8 Å². The summed E-state index contributed by atoms with van der Waals surface area (Å²) in [6.45, 7) is 5.10. The monoisotopic (exact) mass is 582 g/mol. The second kappa shape index (κ2) is 11.0. The number of carbonyl (C=O) groups excluding carboxylic acids is 1. The van der Waals surface area contributed by atoms with Gasteiger partial charge >= 0.3 is 6.18 Å². The smallest absolute Gasteiger partial charge is 0.435 e. The molecule has 0 aliphatic carbocycles. The van der Waals surface area contributed by atoms with E-state index in [-0.39, 0.29) is 23.5 Å². The topological polar surface area (TPSA) is 92.7 Å². The molecule has 2 fully saturated rings. The minimum absolute atomic E-state index is 0.0333. The van der Waals surface area contributed by atoms with Crippen LogP contribution in [0.4, 0.5) is 18.9 Å². The Labute approximate surface area is 242 Å². The molecule has 6 rings (SSSR count). The van der Waals surface area contributed by atoms with Crippen molar-refractivity contribution in [3.8, 4) is 23.0 Å². The van der Waals surface area contributed by atoms with E-state index in [1.807, 2.05) is 30.0 Å². The summed E-state index contributed by atoms with van der Waals surface area (Å²) in [5.41, 5.74) is 1.18. The lowest BCUT2D eigenvalue weighted by atomic mass is 9.69.